The number of aromatic hydroxyl groups is 2. The molecule has 2 aromatic rings. The van der Waals surface area contributed by atoms with Gasteiger partial charge in [0.25, 0.3) is 0 Å². The minimum absolute atomic E-state index is 0.0919. The molecule has 0 amide bonds. The van der Waals surface area contributed by atoms with Gasteiger partial charge in [-0.2, -0.15) is 0 Å². The number of rotatable bonds is 4. The minimum atomic E-state index is -0.510. The molecule has 0 saturated carbocycles. The number of phenolic OH excluding ortho intramolecular Hbond substituents is 2. The molecule has 0 spiro atoms. The van der Waals surface area contributed by atoms with Crippen LogP contribution in [-0.2, 0) is 4.74 Å². The summed E-state index contributed by atoms with van der Waals surface area (Å²) in [6.07, 6.45) is 3.81. The van der Waals surface area contributed by atoms with E-state index in [2.05, 4.69) is 0 Å². The van der Waals surface area contributed by atoms with Gasteiger partial charge in [0.15, 0.2) is 0 Å². The molecule has 5 heteroatoms. The van der Waals surface area contributed by atoms with Crippen LogP contribution in [0.25, 0.3) is 12.2 Å². The van der Waals surface area contributed by atoms with Crippen molar-refractivity contribution in [1.29, 1.82) is 0 Å². The molecule has 1 aliphatic heterocycles. The molecular formula is C19H20O5. The predicted octanol–water partition coefficient (Wildman–Crippen LogP) is 3.14. The molecule has 0 aliphatic carbocycles. The van der Waals surface area contributed by atoms with Gasteiger partial charge < -0.3 is 24.8 Å². The Morgan fingerprint density at radius 3 is 2.46 bits per heavy atom. The molecule has 1 aliphatic rings. The van der Waals surface area contributed by atoms with Crippen molar-refractivity contribution >= 4 is 12.2 Å². The molecule has 126 valence electrons. The summed E-state index contributed by atoms with van der Waals surface area (Å²) in [5, 5.41) is 28.8. The maximum Gasteiger partial charge on any atom is 0.202 e. The summed E-state index contributed by atoms with van der Waals surface area (Å²) in [6.45, 7) is 0.457. The first kappa shape index (κ1) is 16.4. The second-order valence-electron chi connectivity index (χ2n) is 5.78. The number of phenols is 2. The summed E-state index contributed by atoms with van der Waals surface area (Å²) < 4.78 is 11.2. The van der Waals surface area contributed by atoms with Crippen molar-refractivity contribution in [2.24, 2.45) is 0 Å². The van der Waals surface area contributed by atoms with E-state index in [0.29, 0.717) is 25.2 Å². The lowest BCUT2D eigenvalue weighted by Gasteiger charge is -2.27. The van der Waals surface area contributed by atoms with E-state index < -0.39 is 12.4 Å². The van der Waals surface area contributed by atoms with Crippen molar-refractivity contribution in [2.45, 2.75) is 25.2 Å². The largest absolute Gasteiger partial charge is 0.508 e. The van der Waals surface area contributed by atoms with Gasteiger partial charge in [0.05, 0.1) is 12.7 Å². The topological polar surface area (TPSA) is 79.2 Å². The fourth-order valence-electron chi connectivity index (χ4n) is 2.53. The monoisotopic (exact) mass is 328 g/mol. The van der Waals surface area contributed by atoms with E-state index in [9.17, 15) is 15.3 Å². The molecule has 24 heavy (non-hydrogen) atoms. The van der Waals surface area contributed by atoms with Gasteiger partial charge in [-0.15, -0.1) is 0 Å². The Labute approximate surface area is 140 Å². The van der Waals surface area contributed by atoms with Crippen molar-refractivity contribution in [3.8, 4) is 17.2 Å². The first-order valence-corrected chi connectivity index (χ1v) is 7.86. The lowest BCUT2D eigenvalue weighted by atomic mass is 10.1. The molecule has 3 rings (SSSR count). The third kappa shape index (κ3) is 4.50. The van der Waals surface area contributed by atoms with Crippen molar-refractivity contribution in [2.75, 3.05) is 6.61 Å². The SMILES string of the molecule is Oc1ccc(/C=C\c2cc(O)cc(OC3C[C@@H](O)CCO3)c2)cc1. The zero-order chi connectivity index (χ0) is 16.9. The fourth-order valence-corrected chi connectivity index (χ4v) is 2.53. The molecule has 0 radical (unpaired) electrons. The van der Waals surface area contributed by atoms with Crippen molar-refractivity contribution in [3.05, 3.63) is 53.6 Å². The van der Waals surface area contributed by atoms with E-state index in [1.54, 1.807) is 36.4 Å². The zero-order valence-electron chi connectivity index (χ0n) is 13.1. The maximum atomic E-state index is 9.87. The summed E-state index contributed by atoms with van der Waals surface area (Å²) in [5.74, 6) is 0.795. The van der Waals surface area contributed by atoms with E-state index in [0.717, 1.165) is 11.1 Å². The summed E-state index contributed by atoms with van der Waals surface area (Å²) >= 11 is 0. The Kier molecular flexibility index (Phi) is 5.03. The van der Waals surface area contributed by atoms with Gasteiger partial charge in [0.1, 0.15) is 17.2 Å². The number of aliphatic hydroxyl groups is 1. The number of ether oxygens (including phenoxy) is 2. The lowest BCUT2D eigenvalue weighted by molar-refractivity contribution is -0.137. The van der Waals surface area contributed by atoms with Crippen LogP contribution in [0.4, 0.5) is 0 Å². The van der Waals surface area contributed by atoms with Crippen LogP contribution in [0.3, 0.4) is 0 Å². The van der Waals surface area contributed by atoms with Crippen molar-refractivity contribution < 1.29 is 24.8 Å². The summed E-state index contributed by atoms with van der Waals surface area (Å²) in [4.78, 5) is 0. The van der Waals surface area contributed by atoms with Crippen LogP contribution in [0, 0.1) is 0 Å². The molecule has 1 unspecified atom stereocenters. The molecule has 0 bridgehead atoms. The van der Waals surface area contributed by atoms with Crippen LogP contribution in [0.2, 0.25) is 0 Å². The van der Waals surface area contributed by atoms with E-state index in [-0.39, 0.29) is 11.5 Å². The van der Waals surface area contributed by atoms with Crippen LogP contribution < -0.4 is 4.74 Å². The van der Waals surface area contributed by atoms with E-state index in [1.807, 2.05) is 12.2 Å². The summed E-state index contributed by atoms with van der Waals surface area (Å²) in [5.41, 5.74) is 1.70. The Balaban J connectivity index is 1.72. The number of benzene rings is 2. The Bertz CT molecular complexity index is 708. The standard InChI is InChI=1S/C19H20O5/c20-15-5-3-13(4-6-15)1-2-14-9-17(22)11-18(10-14)24-19-12-16(21)7-8-23-19/h1-6,9-11,16,19-22H,7-8,12H2/b2-1-/t16-,19?/m0/s1. The molecule has 5 nitrogen and oxygen atoms in total. The summed E-state index contributed by atoms with van der Waals surface area (Å²) in [6, 6.07) is 11.8. The fraction of sp³-hybridized carbons (Fsp3) is 0.263. The van der Waals surface area contributed by atoms with E-state index in [4.69, 9.17) is 9.47 Å². The zero-order valence-corrected chi connectivity index (χ0v) is 13.1. The smallest absolute Gasteiger partial charge is 0.202 e. The van der Waals surface area contributed by atoms with Crippen molar-refractivity contribution in [3.63, 3.8) is 0 Å². The van der Waals surface area contributed by atoms with Crippen LogP contribution in [0.1, 0.15) is 24.0 Å². The molecule has 1 heterocycles. The molecule has 1 fully saturated rings. The number of hydrogen-bond acceptors (Lipinski definition) is 5. The number of hydrogen-bond donors (Lipinski definition) is 3. The van der Waals surface area contributed by atoms with Gasteiger partial charge in [-0.1, -0.05) is 24.3 Å². The highest BCUT2D eigenvalue weighted by atomic mass is 16.7. The second-order valence-corrected chi connectivity index (χ2v) is 5.78. The summed E-state index contributed by atoms with van der Waals surface area (Å²) in [7, 11) is 0. The highest BCUT2D eigenvalue weighted by Gasteiger charge is 2.22. The van der Waals surface area contributed by atoms with E-state index >= 15 is 0 Å². The first-order chi connectivity index (χ1) is 11.6. The molecule has 2 aromatic carbocycles. The maximum absolute atomic E-state index is 9.87. The van der Waals surface area contributed by atoms with Gasteiger partial charge in [0, 0.05) is 12.5 Å². The van der Waals surface area contributed by atoms with Gasteiger partial charge in [-0.3, -0.25) is 0 Å². The van der Waals surface area contributed by atoms with Gasteiger partial charge in [-0.05, 0) is 41.8 Å². The third-order valence-corrected chi connectivity index (χ3v) is 3.76. The Morgan fingerprint density at radius 2 is 1.71 bits per heavy atom. The van der Waals surface area contributed by atoms with Gasteiger partial charge in [-0.25, -0.2) is 0 Å². The highest BCUT2D eigenvalue weighted by Crippen LogP contribution is 2.26. The highest BCUT2D eigenvalue weighted by molar-refractivity contribution is 5.71. The van der Waals surface area contributed by atoms with Crippen LogP contribution >= 0.6 is 0 Å². The molecule has 3 N–H and O–H groups in total. The molecule has 2 atom stereocenters. The molecule has 0 aromatic heterocycles. The first-order valence-electron chi connectivity index (χ1n) is 7.86. The Hall–Kier alpha value is -2.50. The normalized spacial score (nSPS) is 21.0. The molecule has 1 saturated heterocycles. The number of aliphatic hydroxyl groups excluding tert-OH is 1. The van der Waals surface area contributed by atoms with Gasteiger partial charge >= 0.3 is 0 Å². The average Bonchev–Trinajstić information content (AvgIpc) is 2.54. The molecular weight excluding hydrogens is 308 g/mol. The van der Waals surface area contributed by atoms with Gasteiger partial charge in [0.2, 0.25) is 6.29 Å². The second kappa shape index (κ2) is 7.38. The van der Waals surface area contributed by atoms with Crippen LogP contribution in [0.5, 0.6) is 17.2 Å². The lowest BCUT2D eigenvalue weighted by Crippen LogP contribution is -2.32. The van der Waals surface area contributed by atoms with Crippen LogP contribution in [0.15, 0.2) is 42.5 Å². The average molecular weight is 328 g/mol. The van der Waals surface area contributed by atoms with Crippen LogP contribution in [-0.4, -0.2) is 34.3 Å². The van der Waals surface area contributed by atoms with Crippen molar-refractivity contribution in [1.82, 2.24) is 0 Å². The predicted molar refractivity (Wildman–Crippen MR) is 90.8 cm³/mol. The third-order valence-electron chi connectivity index (χ3n) is 3.76. The van der Waals surface area contributed by atoms with E-state index in [1.165, 1.54) is 6.07 Å². The minimum Gasteiger partial charge on any atom is -0.508 e. The Morgan fingerprint density at radius 1 is 0.958 bits per heavy atom. The quantitative estimate of drug-likeness (QED) is 0.752.